The molecule has 2 aliphatic rings. The van der Waals surface area contributed by atoms with Crippen molar-refractivity contribution in [3.05, 3.63) is 53.6 Å². The first-order chi connectivity index (χ1) is 15.4. The number of carbonyl (C=O) groups excluding carboxylic acids is 1. The predicted octanol–water partition coefficient (Wildman–Crippen LogP) is 4.30. The summed E-state index contributed by atoms with van der Waals surface area (Å²) in [5, 5.41) is 5.60. The van der Waals surface area contributed by atoms with Gasteiger partial charge in [0.2, 0.25) is 0 Å². The molecule has 172 valence electrons. The van der Waals surface area contributed by atoms with Gasteiger partial charge in [-0.15, -0.1) is 0 Å². The number of hydrogen-bond donors (Lipinski definition) is 2. The zero-order valence-electron chi connectivity index (χ0n) is 18.6. The summed E-state index contributed by atoms with van der Waals surface area (Å²) in [5.41, 5.74) is 1.44. The Morgan fingerprint density at radius 2 is 1.84 bits per heavy atom. The fourth-order valence-corrected chi connectivity index (χ4v) is 5.32. The van der Waals surface area contributed by atoms with Crippen molar-refractivity contribution >= 4 is 11.7 Å². The quantitative estimate of drug-likeness (QED) is 0.721. The summed E-state index contributed by atoms with van der Waals surface area (Å²) < 4.78 is 37.5. The lowest BCUT2D eigenvalue weighted by Gasteiger charge is -2.45. The summed E-state index contributed by atoms with van der Waals surface area (Å²) >= 11 is 0. The third kappa shape index (κ3) is 4.11. The number of halogens is 2. The molecule has 2 aromatic carbocycles. The largest absolute Gasteiger partial charge is 0.493 e. The first-order valence-corrected chi connectivity index (χ1v) is 10.8. The molecule has 3 unspecified atom stereocenters. The number of fused-ring (bicyclic) bond motifs is 1. The third-order valence-electron chi connectivity index (χ3n) is 7.00. The number of benzene rings is 2. The number of nitrogens with zero attached hydrogens (tertiary/aromatic N) is 1. The first kappa shape index (κ1) is 22.3. The third-order valence-corrected chi connectivity index (χ3v) is 7.00. The van der Waals surface area contributed by atoms with E-state index in [-0.39, 0.29) is 23.2 Å². The number of methoxy groups -OCH3 is 2. The maximum Gasteiger partial charge on any atom is 0.319 e. The molecule has 1 heterocycles. The van der Waals surface area contributed by atoms with E-state index in [0.29, 0.717) is 5.75 Å². The number of likely N-dealkylation sites (N-methyl/N-ethyl adjacent to an activating group) is 1. The van der Waals surface area contributed by atoms with Crippen LogP contribution in [0.1, 0.15) is 31.2 Å². The Morgan fingerprint density at radius 1 is 1.06 bits per heavy atom. The molecule has 2 N–H and O–H groups in total. The Morgan fingerprint density at radius 3 is 2.56 bits per heavy atom. The second kappa shape index (κ2) is 8.94. The summed E-state index contributed by atoms with van der Waals surface area (Å²) in [7, 11) is 5.39. The first-order valence-electron chi connectivity index (χ1n) is 10.8. The highest BCUT2D eigenvalue weighted by Crippen LogP contribution is 2.49. The number of ether oxygens (including phenoxy) is 2. The molecule has 2 aromatic rings. The maximum atomic E-state index is 13.4. The second-order valence-corrected chi connectivity index (χ2v) is 8.67. The summed E-state index contributed by atoms with van der Waals surface area (Å²) in [5.74, 6) is -0.509. The summed E-state index contributed by atoms with van der Waals surface area (Å²) in [4.78, 5) is 14.8. The highest BCUT2D eigenvalue weighted by atomic mass is 19.2. The minimum absolute atomic E-state index is 0.0109. The molecule has 0 radical (unpaired) electrons. The van der Waals surface area contributed by atoms with Crippen LogP contribution in [0.4, 0.5) is 19.3 Å². The van der Waals surface area contributed by atoms with E-state index in [1.54, 1.807) is 14.2 Å². The number of rotatable bonds is 5. The molecule has 8 heteroatoms. The van der Waals surface area contributed by atoms with Crippen LogP contribution in [-0.2, 0) is 5.41 Å². The highest BCUT2D eigenvalue weighted by Gasteiger charge is 2.50. The lowest BCUT2D eigenvalue weighted by Crippen LogP contribution is -2.52. The Kier molecular flexibility index (Phi) is 6.24. The van der Waals surface area contributed by atoms with Gasteiger partial charge < -0.3 is 25.0 Å². The van der Waals surface area contributed by atoms with Crippen molar-refractivity contribution in [3.63, 3.8) is 0 Å². The summed E-state index contributed by atoms with van der Waals surface area (Å²) in [6, 6.07) is 9.30. The predicted molar refractivity (Wildman–Crippen MR) is 118 cm³/mol. The SMILES string of the molecule is COc1ccc(C23CCC(NC(=O)Nc4ccc(F)c(F)c4)CC2N(C)CC3)cc1OC. The van der Waals surface area contributed by atoms with Crippen molar-refractivity contribution in [1.82, 2.24) is 10.2 Å². The standard InChI is InChI=1S/C24H29F2N3O3/c1-29-11-10-24(15-4-7-20(31-2)21(12-15)32-3)9-8-17(14-22(24)29)28-23(30)27-16-5-6-18(25)19(26)13-16/h4-7,12-13,17,22H,8-11,14H2,1-3H3,(H2,27,28,30). The van der Waals surface area contributed by atoms with Crippen LogP contribution in [-0.4, -0.2) is 50.8 Å². The van der Waals surface area contributed by atoms with E-state index in [9.17, 15) is 13.6 Å². The molecule has 0 aromatic heterocycles. The van der Waals surface area contributed by atoms with Crippen LogP contribution >= 0.6 is 0 Å². The second-order valence-electron chi connectivity index (χ2n) is 8.67. The lowest BCUT2D eigenvalue weighted by molar-refractivity contribution is 0.156. The van der Waals surface area contributed by atoms with Crippen LogP contribution < -0.4 is 20.1 Å². The molecule has 0 bridgehead atoms. The number of urea groups is 1. The fourth-order valence-electron chi connectivity index (χ4n) is 5.32. The van der Waals surface area contributed by atoms with E-state index >= 15 is 0 Å². The van der Waals surface area contributed by atoms with Gasteiger partial charge in [0.05, 0.1) is 14.2 Å². The zero-order chi connectivity index (χ0) is 22.9. The van der Waals surface area contributed by atoms with Gasteiger partial charge >= 0.3 is 6.03 Å². The molecule has 4 rings (SSSR count). The Labute approximate surface area is 186 Å². The number of anilines is 1. The Hall–Kier alpha value is -2.87. The van der Waals surface area contributed by atoms with Crippen LogP contribution in [0.15, 0.2) is 36.4 Å². The minimum Gasteiger partial charge on any atom is -0.493 e. The van der Waals surface area contributed by atoms with Crippen molar-refractivity contribution < 1.29 is 23.0 Å². The number of carbonyl (C=O) groups is 1. The van der Waals surface area contributed by atoms with Gasteiger partial charge in [0, 0.05) is 29.3 Å². The van der Waals surface area contributed by atoms with Gasteiger partial charge in [-0.2, -0.15) is 0 Å². The summed E-state index contributed by atoms with van der Waals surface area (Å²) in [6.07, 6.45) is 3.59. The smallest absolute Gasteiger partial charge is 0.319 e. The van der Waals surface area contributed by atoms with Crippen LogP contribution in [0, 0.1) is 11.6 Å². The van der Waals surface area contributed by atoms with Crippen molar-refractivity contribution in [2.75, 3.05) is 33.1 Å². The van der Waals surface area contributed by atoms with Gasteiger partial charge in [-0.25, -0.2) is 13.6 Å². The maximum absolute atomic E-state index is 13.4. The molecule has 1 saturated carbocycles. The molecule has 3 atom stereocenters. The van der Waals surface area contributed by atoms with Crippen LogP contribution in [0.25, 0.3) is 0 Å². The molecule has 2 amide bonds. The Balaban J connectivity index is 1.47. The van der Waals surface area contributed by atoms with Crippen molar-refractivity contribution in [2.24, 2.45) is 0 Å². The van der Waals surface area contributed by atoms with Gasteiger partial charge in [-0.05, 0) is 69.1 Å². The van der Waals surface area contributed by atoms with E-state index in [1.807, 2.05) is 6.07 Å². The molecule has 32 heavy (non-hydrogen) atoms. The monoisotopic (exact) mass is 445 g/mol. The summed E-state index contributed by atoms with van der Waals surface area (Å²) in [6.45, 7) is 0.979. The number of nitrogens with one attached hydrogen (secondary N) is 2. The zero-order valence-corrected chi connectivity index (χ0v) is 18.6. The molecular formula is C24H29F2N3O3. The number of hydrogen-bond acceptors (Lipinski definition) is 4. The molecule has 0 spiro atoms. The van der Waals surface area contributed by atoms with E-state index in [2.05, 4.69) is 34.7 Å². The molecule has 1 aliphatic heterocycles. The molecule has 6 nitrogen and oxygen atoms in total. The van der Waals surface area contributed by atoms with Crippen molar-refractivity contribution in [3.8, 4) is 11.5 Å². The van der Waals surface area contributed by atoms with Crippen molar-refractivity contribution in [2.45, 2.75) is 43.2 Å². The molecule has 1 aliphatic carbocycles. The highest BCUT2D eigenvalue weighted by molar-refractivity contribution is 5.89. The average molecular weight is 446 g/mol. The van der Waals surface area contributed by atoms with E-state index in [0.717, 1.165) is 50.1 Å². The van der Waals surface area contributed by atoms with Gasteiger partial charge in [-0.1, -0.05) is 6.07 Å². The molecule has 2 fully saturated rings. The van der Waals surface area contributed by atoms with Gasteiger partial charge in [0.25, 0.3) is 0 Å². The van der Waals surface area contributed by atoms with E-state index in [4.69, 9.17) is 9.47 Å². The molecule has 1 saturated heterocycles. The lowest BCUT2D eigenvalue weighted by atomic mass is 9.65. The van der Waals surface area contributed by atoms with E-state index < -0.39 is 17.7 Å². The van der Waals surface area contributed by atoms with Gasteiger partial charge in [0.15, 0.2) is 23.1 Å². The normalized spacial score (nSPS) is 25.2. The van der Waals surface area contributed by atoms with Gasteiger partial charge in [0.1, 0.15) is 0 Å². The average Bonchev–Trinajstić information content (AvgIpc) is 3.13. The van der Waals surface area contributed by atoms with E-state index in [1.165, 1.54) is 11.6 Å². The molecular weight excluding hydrogens is 416 g/mol. The van der Waals surface area contributed by atoms with Crippen molar-refractivity contribution in [1.29, 1.82) is 0 Å². The fraction of sp³-hybridized carbons (Fsp3) is 0.458. The van der Waals surface area contributed by atoms with Crippen LogP contribution in [0.5, 0.6) is 11.5 Å². The van der Waals surface area contributed by atoms with Crippen LogP contribution in [0.3, 0.4) is 0 Å². The number of likely N-dealkylation sites (tertiary alicyclic amines) is 1. The number of amides is 2. The van der Waals surface area contributed by atoms with Gasteiger partial charge in [-0.3, -0.25) is 0 Å². The topological polar surface area (TPSA) is 62.8 Å². The van der Waals surface area contributed by atoms with Crippen LogP contribution in [0.2, 0.25) is 0 Å². The minimum atomic E-state index is -0.993. The Bertz CT molecular complexity index is 1000.